The second-order valence-corrected chi connectivity index (χ2v) is 4.40. The van der Waals surface area contributed by atoms with Crippen LogP contribution in [-0.2, 0) is 11.2 Å². The molecule has 0 fully saturated rings. The smallest absolute Gasteiger partial charge is 0.228 e. The number of aliphatic hydroxyl groups excluding tert-OH is 1. The summed E-state index contributed by atoms with van der Waals surface area (Å²) >= 11 is 0. The van der Waals surface area contributed by atoms with Gasteiger partial charge >= 0.3 is 0 Å². The Balaban J connectivity index is 2.09. The van der Waals surface area contributed by atoms with E-state index in [1.807, 2.05) is 6.07 Å². The van der Waals surface area contributed by atoms with Crippen molar-refractivity contribution in [3.8, 4) is 17.6 Å². The number of hydrogen-bond donors (Lipinski definition) is 3. The van der Waals surface area contributed by atoms with Gasteiger partial charge in [-0.2, -0.15) is 0 Å². The van der Waals surface area contributed by atoms with E-state index in [0.29, 0.717) is 11.3 Å². The molecule has 2 rings (SSSR count). The van der Waals surface area contributed by atoms with Gasteiger partial charge in [-0.05, 0) is 29.8 Å². The molecule has 2 aromatic carbocycles. The number of rotatable bonds is 3. The highest BCUT2D eigenvalue weighted by atomic mass is 16.3. The highest BCUT2D eigenvalue weighted by Crippen LogP contribution is 2.15. The maximum Gasteiger partial charge on any atom is 0.228 e. The summed E-state index contributed by atoms with van der Waals surface area (Å²) in [6.45, 7) is -0.231. The third-order valence-corrected chi connectivity index (χ3v) is 2.78. The maximum absolute atomic E-state index is 12.0. The molecule has 2 aromatic rings. The van der Waals surface area contributed by atoms with Crippen LogP contribution in [0.25, 0.3) is 0 Å². The Morgan fingerprint density at radius 1 is 1.14 bits per heavy atom. The largest absolute Gasteiger partial charge is 0.508 e. The Morgan fingerprint density at radius 2 is 1.95 bits per heavy atom. The number of amides is 1. The van der Waals surface area contributed by atoms with E-state index in [1.165, 1.54) is 0 Å². The third-order valence-electron chi connectivity index (χ3n) is 2.78. The van der Waals surface area contributed by atoms with Gasteiger partial charge in [0.1, 0.15) is 12.4 Å². The minimum atomic E-state index is -0.231. The van der Waals surface area contributed by atoms with E-state index in [4.69, 9.17) is 5.11 Å². The van der Waals surface area contributed by atoms with Gasteiger partial charge in [-0.1, -0.05) is 36.1 Å². The summed E-state index contributed by atoms with van der Waals surface area (Å²) in [7, 11) is 0. The molecule has 4 heteroatoms. The van der Waals surface area contributed by atoms with Gasteiger partial charge in [-0.3, -0.25) is 4.79 Å². The Morgan fingerprint density at radius 3 is 2.71 bits per heavy atom. The number of hydrogen-bond acceptors (Lipinski definition) is 3. The summed E-state index contributed by atoms with van der Waals surface area (Å²) in [5.74, 6) is 5.28. The average Bonchev–Trinajstić information content (AvgIpc) is 2.46. The van der Waals surface area contributed by atoms with Crippen LogP contribution in [0.1, 0.15) is 11.1 Å². The molecule has 3 N–H and O–H groups in total. The van der Waals surface area contributed by atoms with Crippen LogP contribution in [0.15, 0.2) is 48.5 Å². The molecule has 1 amide bonds. The molecule has 0 radical (unpaired) electrons. The summed E-state index contributed by atoms with van der Waals surface area (Å²) in [4.78, 5) is 12.0. The van der Waals surface area contributed by atoms with Gasteiger partial charge in [0, 0.05) is 5.56 Å². The molecule has 0 unspecified atom stereocenters. The van der Waals surface area contributed by atoms with Crippen molar-refractivity contribution in [1.29, 1.82) is 0 Å². The Bertz CT molecular complexity index is 698. The van der Waals surface area contributed by atoms with Crippen molar-refractivity contribution >= 4 is 11.6 Å². The molecule has 0 bridgehead atoms. The molecule has 0 saturated carbocycles. The minimum Gasteiger partial charge on any atom is -0.508 e. The van der Waals surface area contributed by atoms with Gasteiger partial charge < -0.3 is 15.5 Å². The van der Waals surface area contributed by atoms with Crippen molar-refractivity contribution in [1.82, 2.24) is 0 Å². The quantitative estimate of drug-likeness (QED) is 0.753. The Labute approximate surface area is 123 Å². The highest BCUT2D eigenvalue weighted by molar-refractivity contribution is 5.93. The van der Waals surface area contributed by atoms with E-state index in [1.54, 1.807) is 42.5 Å². The lowest BCUT2D eigenvalue weighted by Crippen LogP contribution is -2.15. The highest BCUT2D eigenvalue weighted by Gasteiger charge is 2.07. The number of aromatic hydroxyl groups is 1. The van der Waals surface area contributed by atoms with Gasteiger partial charge in [0.05, 0.1) is 12.1 Å². The molecule has 0 aliphatic carbocycles. The lowest BCUT2D eigenvalue weighted by Gasteiger charge is -2.07. The minimum absolute atomic E-state index is 0.134. The number of aliphatic hydroxyl groups is 1. The number of phenols is 1. The standard InChI is InChI=1S/C17H15NO3/c19-10-4-7-14-6-1-2-9-16(14)18-17(21)12-13-5-3-8-15(20)11-13/h1-3,5-6,8-9,11,19-20H,10,12H2,(H,18,21). The third kappa shape index (κ3) is 4.37. The Kier molecular flexibility index (Phi) is 4.97. The summed E-state index contributed by atoms with van der Waals surface area (Å²) in [5.41, 5.74) is 1.98. The van der Waals surface area contributed by atoms with E-state index < -0.39 is 0 Å². The van der Waals surface area contributed by atoms with Crippen LogP contribution in [0.5, 0.6) is 5.75 Å². The van der Waals surface area contributed by atoms with E-state index in [-0.39, 0.29) is 24.7 Å². The maximum atomic E-state index is 12.0. The number of benzene rings is 2. The van der Waals surface area contributed by atoms with Crippen LogP contribution < -0.4 is 5.32 Å². The lowest BCUT2D eigenvalue weighted by atomic mass is 10.1. The number of para-hydroxylation sites is 1. The van der Waals surface area contributed by atoms with Crippen LogP contribution in [0.2, 0.25) is 0 Å². The predicted octanol–water partition coefficient (Wildman–Crippen LogP) is 1.92. The van der Waals surface area contributed by atoms with Crippen LogP contribution in [-0.4, -0.2) is 22.7 Å². The van der Waals surface area contributed by atoms with Crippen LogP contribution in [0.4, 0.5) is 5.69 Å². The summed E-state index contributed by atoms with van der Waals surface area (Å²) in [5, 5.41) is 20.9. The summed E-state index contributed by atoms with van der Waals surface area (Å²) in [6.07, 6.45) is 0.163. The molecule has 0 spiro atoms. The monoisotopic (exact) mass is 281 g/mol. The van der Waals surface area contributed by atoms with Gasteiger partial charge in [0.15, 0.2) is 0 Å². The van der Waals surface area contributed by atoms with Gasteiger partial charge in [-0.25, -0.2) is 0 Å². The SMILES string of the molecule is O=C(Cc1cccc(O)c1)Nc1ccccc1C#CCO. The molecule has 0 aromatic heterocycles. The number of carbonyl (C=O) groups excluding carboxylic acids is 1. The zero-order chi connectivity index (χ0) is 15.1. The molecular weight excluding hydrogens is 266 g/mol. The van der Waals surface area contributed by atoms with Crippen LogP contribution >= 0.6 is 0 Å². The fraction of sp³-hybridized carbons (Fsp3) is 0.118. The molecular formula is C17H15NO3. The van der Waals surface area contributed by atoms with Crippen molar-refractivity contribution < 1.29 is 15.0 Å². The number of nitrogens with one attached hydrogen (secondary N) is 1. The van der Waals surface area contributed by atoms with Crippen molar-refractivity contribution in [3.05, 3.63) is 59.7 Å². The predicted molar refractivity (Wildman–Crippen MR) is 80.8 cm³/mol. The first-order valence-electron chi connectivity index (χ1n) is 6.45. The van der Waals surface area contributed by atoms with Crippen molar-refractivity contribution in [3.63, 3.8) is 0 Å². The van der Waals surface area contributed by atoms with Crippen molar-refractivity contribution in [2.45, 2.75) is 6.42 Å². The first kappa shape index (κ1) is 14.6. The first-order valence-corrected chi connectivity index (χ1v) is 6.45. The molecule has 0 atom stereocenters. The molecule has 0 saturated heterocycles. The zero-order valence-corrected chi connectivity index (χ0v) is 11.3. The fourth-order valence-electron chi connectivity index (χ4n) is 1.88. The summed E-state index contributed by atoms with van der Waals surface area (Å²) < 4.78 is 0. The zero-order valence-electron chi connectivity index (χ0n) is 11.3. The van der Waals surface area contributed by atoms with Gasteiger partial charge in [-0.15, -0.1) is 0 Å². The first-order chi connectivity index (χ1) is 10.2. The van der Waals surface area contributed by atoms with Crippen molar-refractivity contribution in [2.75, 3.05) is 11.9 Å². The molecule has 0 heterocycles. The number of anilines is 1. The van der Waals surface area contributed by atoms with Gasteiger partial charge in [0.25, 0.3) is 0 Å². The fourth-order valence-corrected chi connectivity index (χ4v) is 1.88. The van der Waals surface area contributed by atoms with E-state index in [0.717, 1.165) is 5.56 Å². The topological polar surface area (TPSA) is 69.6 Å². The van der Waals surface area contributed by atoms with Gasteiger partial charge in [0.2, 0.25) is 5.91 Å². The van der Waals surface area contributed by atoms with E-state index in [9.17, 15) is 9.90 Å². The number of carbonyl (C=O) groups is 1. The second-order valence-electron chi connectivity index (χ2n) is 4.40. The Hall–Kier alpha value is -2.77. The molecule has 0 aliphatic heterocycles. The molecule has 21 heavy (non-hydrogen) atoms. The summed E-state index contributed by atoms with van der Waals surface area (Å²) in [6, 6.07) is 13.7. The van der Waals surface area contributed by atoms with Crippen LogP contribution in [0.3, 0.4) is 0 Å². The second kappa shape index (κ2) is 7.13. The lowest BCUT2D eigenvalue weighted by molar-refractivity contribution is -0.115. The number of phenolic OH excluding ortho intramolecular Hbond substituents is 1. The van der Waals surface area contributed by atoms with E-state index >= 15 is 0 Å². The molecule has 0 aliphatic rings. The molecule has 4 nitrogen and oxygen atoms in total. The van der Waals surface area contributed by atoms with E-state index in [2.05, 4.69) is 17.2 Å². The molecule has 106 valence electrons. The van der Waals surface area contributed by atoms with Crippen molar-refractivity contribution in [2.24, 2.45) is 0 Å². The normalized spacial score (nSPS) is 9.57. The average molecular weight is 281 g/mol. The van der Waals surface area contributed by atoms with Crippen LogP contribution in [0, 0.1) is 11.8 Å².